The third kappa shape index (κ3) is 2.85. The SMILES string of the molecule is Fc1cc(Br)cc(F)c1C(Cl)c1ccc2c(c1)OCCO2. The third-order valence-electron chi connectivity index (χ3n) is 3.16. The van der Waals surface area contributed by atoms with Crippen molar-refractivity contribution >= 4 is 27.5 Å². The van der Waals surface area contributed by atoms with Crippen LogP contribution in [-0.4, -0.2) is 13.2 Å². The number of rotatable bonds is 2. The summed E-state index contributed by atoms with van der Waals surface area (Å²) in [6.07, 6.45) is 0. The molecule has 0 radical (unpaired) electrons. The molecule has 0 N–H and O–H groups in total. The van der Waals surface area contributed by atoms with E-state index in [4.69, 9.17) is 21.1 Å². The van der Waals surface area contributed by atoms with Crippen LogP contribution in [0.25, 0.3) is 0 Å². The lowest BCUT2D eigenvalue weighted by Crippen LogP contribution is -2.15. The fraction of sp³-hybridized carbons (Fsp3) is 0.200. The van der Waals surface area contributed by atoms with E-state index in [0.29, 0.717) is 34.7 Å². The van der Waals surface area contributed by atoms with Crippen molar-refractivity contribution in [3.05, 3.63) is 57.6 Å². The molecule has 0 fully saturated rings. The smallest absolute Gasteiger partial charge is 0.161 e. The normalized spacial score (nSPS) is 14.9. The highest BCUT2D eigenvalue weighted by Gasteiger charge is 2.22. The van der Waals surface area contributed by atoms with Crippen LogP contribution >= 0.6 is 27.5 Å². The molecule has 2 aromatic rings. The van der Waals surface area contributed by atoms with E-state index in [0.717, 1.165) is 0 Å². The Morgan fingerprint density at radius 2 is 1.62 bits per heavy atom. The minimum Gasteiger partial charge on any atom is -0.486 e. The molecule has 1 unspecified atom stereocenters. The van der Waals surface area contributed by atoms with Gasteiger partial charge in [0, 0.05) is 10.0 Å². The summed E-state index contributed by atoms with van der Waals surface area (Å²) in [5.41, 5.74) is 0.359. The largest absolute Gasteiger partial charge is 0.486 e. The van der Waals surface area contributed by atoms with Crippen molar-refractivity contribution in [2.75, 3.05) is 13.2 Å². The highest BCUT2D eigenvalue weighted by atomic mass is 79.9. The summed E-state index contributed by atoms with van der Waals surface area (Å²) in [5.74, 6) is -0.263. The number of ether oxygens (including phenoxy) is 2. The van der Waals surface area contributed by atoms with Gasteiger partial charge in [-0.15, -0.1) is 11.6 Å². The van der Waals surface area contributed by atoms with Crippen molar-refractivity contribution in [3.63, 3.8) is 0 Å². The Bertz CT molecular complexity index is 670. The summed E-state index contributed by atoms with van der Waals surface area (Å²) in [6, 6.07) is 7.38. The summed E-state index contributed by atoms with van der Waals surface area (Å²) in [4.78, 5) is 0. The number of hydrogen-bond acceptors (Lipinski definition) is 2. The second kappa shape index (κ2) is 5.81. The molecule has 0 aliphatic carbocycles. The molecule has 0 spiro atoms. The lowest BCUT2D eigenvalue weighted by molar-refractivity contribution is 0.171. The van der Waals surface area contributed by atoms with Gasteiger partial charge >= 0.3 is 0 Å². The molecule has 1 heterocycles. The molecule has 0 aromatic heterocycles. The van der Waals surface area contributed by atoms with Crippen LogP contribution in [0.3, 0.4) is 0 Å². The minimum absolute atomic E-state index is 0.184. The van der Waals surface area contributed by atoms with Crippen LogP contribution in [0.5, 0.6) is 11.5 Å². The van der Waals surface area contributed by atoms with Gasteiger partial charge < -0.3 is 9.47 Å². The zero-order valence-corrected chi connectivity index (χ0v) is 13.0. The van der Waals surface area contributed by atoms with Crippen molar-refractivity contribution in [2.45, 2.75) is 5.38 Å². The van der Waals surface area contributed by atoms with Crippen molar-refractivity contribution in [1.82, 2.24) is 0 Å². The van der Waals surface area contributed by atoms with Gasteiger partial charge in [-0.2, -0.15) is 0 Å². The lowest BCUT2D eigenvalue weighted by atomic mass is 10.0. The van der Waals surface area contributed by atoms with E-state index in [1.165, 1.54) is 12.1 Å². The summed E-state index contributed by atoms with van der Waals surface area (Å²) < 4.78 is 39.1. The molecular weight excluding hydrogens is 366 g/mol. The van der Waals surface area contributed by atoms with Crippen LogP contribution in [0.15, 0.2) is 34.8 Å². The Morgan fingerprint density at radius 1 is 1.00 bits per heavy atom. The summed E-state index contributed by atoms with van der Waals surface area (Å²) >= 11 is 9.29. The molecule has 1 aliphatic rings. The molecule has 6 heteroatoms. The molecule has 0 amide bonds. The van der Waals surface area contributed by atoms with Gasteiger partial charge in [-0.05, 0) is 29.8 Å². The third-order valence-corrected chi connectivity index (χ3v) is 4.08. The van der Waals surface area contributed by atoms with E-state index < -0.39 is 17.0 Å². The quantitative estimate of drug-likeness (QED) is 0.700. The average molecular weight is 376 g/mol. The number of hydrogen-bond donors (Lipinski definition) is 0. The van der Waals surface area contributed by atoms with Gasteiger partial charge in [0.15, 0.2) is 11.5 Å². The van der Waals surface area contributed by atoms with E-state index in [1.54, 1.807) is 18.2 Å². The van der Waals surface area contributed by atoms with Crippen LogP contribution in [-0.2, 0) is 0 Å². The van der Waals surface area contributed by atoms with Gasteiger partial charge in [0.25, 0.3) is 0 Å². The highest BCUT2D eigenvalue weighted by Crippen LogP contribution is 2.38. The molecule has 2 aromatic carbocycles. The molecular formula is C15H10BrClF2O2. The number of alkyl halides is 1. The van der Waals surface area contributed by atoms with Gasteiger partial charge in [-0.3, -0.25) is 0 Å². The topological polar surface area (TPSA) is 18.5 Å². The fourth-order valence-electron chi connectivity index (χ4n) is 2.18. The van der Waals surface area contributed by atoms with Gasteiger partial charge in [0.05, 0.1) is 5.38 Å². The van der Waals surface area contributed by atoms with Crippen LogP contribution in [0.4, 0.5) is 8.78 Å². The van der Waals surface area contributed by atoms with E-state index in [-0.39, 0.29) is 5.56 Å². The zero-order valence-electron chi connectivity index (χ0n) is 10.7. The van der Waals surface area contributed by atoms with Crippen LogP contribution in [0.1, 0.15) is 16.5 Å². The fourth-order valence-corrected chi connectivity index (χ4v) is 2.93. The Kier molecular flexibility index (Phi) is 4.04. The van der Waals surface area contributed by atoms with E-state index >= 15 is 0 Å². The van der Waals surface area contributed by atoms with Crippen molar-refractivity contribution in [3.8, 4) is 11.5 Å². The highest BCUT2D eigenvalue weighted by molar-refractivity contribution is 9.10. The van der Waals surface area contributed by atoms with Crippen LogP contribution in [0, 0.1) is 11.6 Å². The first-order valence-electron chi connectivity index (χ1n) is 6.24. The Labute approximate surface area is 133 Å². The van der Waals surface area contributed by atoms with E-state index in [1.807, 2.05) is 0 Å². The summed E-state index contributed by atoms with van der Waals surface area (Å²) in [5, 5.41) is -0.950. The Hall–Kier alpha value is -1.33. The summed E-state index contributed by atoms with van der Waals surface area (Å²) in [7, 11) is 0. The zero-order chi connectivity index (χ0) is 15.0. The summed E-state index contributed by atoms with van der Waals surface area (Å²) in [6.45, 7) is 0.914. The Morgan fingerprint density at radius 3 is 2.29 bits per heavy atom. The molecule has 0 saturated heterocycles. The molecule has 110 valence electrons. The first-order chi connectivity index (χ1) is 10.1. The lowest BCUT2D eigenvalue weighted by Gasteiger charge is -2.20. The monoisotopic (exact) mass is 374 g/mol. The minimum atomic E-state index is -0.950. The molecule has 2 nitrogen and oxygen atoms in total. The second-order valence-electron chi connectivity index (χ2n) is 4.55. The van der Waals surface area contributed by atoms with E-state index in [2.05, 4.69) is 15.9 Å². The van der Waals surface area contributed by atoms with Crippen molar-refractivity contribution in [2.24, 2.45) is 0 Å². The number of fused-ring (bicyclic) bond motifs is 1. The maximum absolute atomic E-state index is 14.0. The predicted octanol–water partition coefficient (Wildman–Crippen LogP) is 4.83. The first-order valence-corrected chi connectivity index (χ1v) is 7.47. The predicted molar refractivity (Wildman–Crippen MR) is 79.2 cm³/mol. The van der Waals surface area contributed by atoms with Crippen LogP contribution < -0.4 is 9.47 Å². The molecule has 0 saturated carbocycles. The van der Waals surface area contributed by atoms with Gasteiger partial charge in [0.1, 0.15) is 24.8 Å². The first kappa shape index (κ1) is 14.6. The van der Waals surface area contributed by atoms with E-state index in [9.17, 15) is 8.78 Å². The van der Waals surface area contributed by atoms with Gasteiger partial charge in [-0.1, -0.05) is 22.0 Å². The van der Waals surface area contributed by atoms with Gasteiger partial charge in [0.2, 0.25) is 0 Å². The molecule has 1 aliphatic heterocycles. The standard InChI is InChI=1S/C15H10BrClF2O2/c16-9-6-10(18)14(11(19)7-9)15(17)8-1-2-12-13(5-8)21-4-3-20-12/h1-2,5-7,15H,3-4H2. The molecule has 21 heavy (non-hydrogen) atoms. The van der Waals surface area contributed by atoms with Crippen LogP contribution in [0.2, 0.25) is 0 Å². The molecule has 0 bridgehead atoms. The van der Waals surface area contributed by atoms with Crippen molar-refractivity contribution < 1.29 is 18.3 Å². The second-order valence-corrected chi connectivity index (χ2v) is 5.90. The average Bonchev–Trinajstić information content (AvgIpc) is 2.45. The molecule has 1 atom stereocenters. The molecule has 3 rings (SSSR count). The van der Waals surface area contributed by atoms with Crippen molar-refractivity contribution in [1.29, 1.82) is 0 Å². The number of halogens is 4. The van der Waals surface area contributed by atoms with Gasteiger partial charge in [-0.25, -0.2) is 8.78 Å². The number of benzene rings is 2. The maximum atomic E-state index is 14.0. The Balaban J connectivity index is 2.01. The maximum Gasteiger partial charge on any atom is 0.161 e.